The first kappa shape index (κ1) is 21.3. The number of fused-ring (bicyclic) bond motifs is 2. The normalized spacial score (nSPS) is 16.6. The Morgan fingerprint density at radius 1 is 0.909 bits per heavy atom. The van der Waals surface area contributed by atoms with Crippen LogP contribution in [0.3, 0.4) is 0 Å². The van der Waals surface area contributed by atoms with Crippen LogP contribution in [0.5, 0.6) is 0 Å². The van der Waals surface area contributed by atoms with Gasteiger partial charge in [-0.1, -0.05) is 24.3 Å². The number of benzene rings is 2. The van der Waals surface area contributed by atoms with Gasteiger partial charge in [0.25, 0.3) is 11.8 Å². The van der Waals surface area contributed by atoms with Gasteiger partial charge in [0.1, 0.15) is 5.82 Å². The first-order valence-electron chi connectivity index (χ1n) is 11.4. The van der Waals surface area contributed by atoms with Crippen LogP contribution in [-0.2, 0) is 18.4 Å². The lowest BCUT2D eigenvalue weighted by atomic mass is 10.1. The van der Waals surface area contributed by atoms with Gasteiger partial charge in [0.15, 0.2) is 0 Å². The van der Waals surface area contributed by atoms with Crippen molar-refractivity contribution < 1.29 is 14.4 Å². The minimum absolute atomic E-state index is 0.0778. The fourth-order valence-electron chi connectivity index (χ4n) is 4.68. The molecular weight excluding hydrogens is 418 g/mol. The highest BCUT2D eigenvalue weighted by Gasteiger charge is 2.34. The lowest BCUT2D eigenvalue weighted by Gasteiger charge is -2.34. The molecule has 3 aromatic rings. The van der Waals surface area contributed by atoms with Crippen molar-refractivity contribution in [3.63, 3.8) is 0 Å². The molecule has 0 N–H and O–H groups in total. The quantitative estimate of drug-likeness (QED) is 0.544. The van der Waals surface area contributed by atoms with Crippen LogP contribution in [0.4, 0.5) is 0 Å². The summed E-state index contributed by atoms with van der Waals surface area (Å²) in [6.45, 7) is 3.98. The van der Waals surface area contributed by atoms with Gasteiger partial charge in [-0.05, 0) is 30.7 Å². The molecule has 2 aromatic carbocycles. The number of para-hydroxylation sites is 2. The molecule has 0 bridgehead atoms. The molecule has 33 heavy (non-hydrogen) atoms. The molecule has 0 atom stereocenters. The summed E-state index contributed by atoms with van der Waals surface area (Å²) in [5, 5.41) is 0. The summed E-state index contributed by atoms with van der Waals surface area (Å²) in [7, 11) is 2.04. The molecule has 8 heteroatoms. The summed E-state index contributed by atoms with van der Waals surface area (Å²) in [6.07, 6.45) is 0.808. The number of amides is 3. The van der Waals surface area contributed by atoms with Gasteiger partial charge in [-0.15, -0.1) is 0 Å². The summed E-state index contributed by atoms with van der Waals surface area (Å²) in [5.41, 5.74) is 3.03. The molecular formula is C25H27N5O3. The second kappa shape index (κ2) is 8.78. The summed E-state index contributed by atoms with van der Waals surface area (Å²) in [4.78, 5) is 47.8. The number of imide groups is 1. The predicted molar refractivity (Wildman–Crippen MR) is 124 cm³/mol. The van der Waals surface area contributed by atoms with Crippen molar-refractivity contribution in [3.05, 3.63) is 65.5 Å². The standard InChI is InChI=1S/C25H27N5O3/c1-27-21-10-5-4-9-20(21)26-22(27)17-28-13-15-29(16-14-28)23(31)11-6-12-30-24(32)18-7-2-3-8-19(18)25(30)33/h2-5,7-10H,6,11-17H2,1H3. The van der Waals surface area contributed by atoms with Crippen LogP contribution in [0.1, 0.15) is 39.4 Å². The molecule has 0 unspecified atom stereocenters. The van der Waals surface area contributed by atoms with Gasteiger partial charge in [-0.25, -0.2) is 4.98 Å². The third kappa shape index (κ3) is 4.02. The van der Waals surface area contributed by atoms with E-state index in [0.29, 0.717) is 37.1 Å². The number of aromatic nitrogens is 2. The monoisotopic (exact) mass is 445 g/mol. The molecule has 2 aliphatic heterocycles. The van der Waals surface area contributed by atoms with Crippen LogP contribution < -0.4 is 0 Å². The van der Waals surface area contributed by atoms with Crippen molar-refractivity contribution in [1.82, 2.24) is 24.3 Å². The smallest absolute Gasteiger partial charge is 0.261 e. The Balaban J connectivity index is 1.09. The molecule has 170 valence electrons. The third-order valence-electron chi connectivity index (χ3n) is 6.62. The molecule has 2 aliphatic rings. The molecule has 3 heterocycles. The van der Waals surface area contributed by atoms with E-state index in [-0.39, 0.29) is 24.3 Å². The van der Waals surface area contributed by atoms with Crippen LogP contribution in [0.25, 0.3) is 11.0 Å². The lowest BCUT2D eigenvalue weighted by molar-refractivity contribution is -0.133. The lowest BCUT2D eigenvalue weighted by Crippen LogP contribution is -2.48. The molecule has 1 saturated heterocycles. The number of rotatable bonds is 6. The van der Waals surface area contributed by atoms with Gasteiger partial charge in [-0.2, -0.15) is 0 Å². The highest BCUT2D eigenvalue weighted by molar-refractivity contribution is 6.21. The maximum Gasteiger partial charge on any atom is 0.261 e. The van der Waals surface area contributed by atoms with E-state index in [1.165, 1.54) is 4.90 Å². The Bertz CT molecular complexity index is 1190. The maximum absolute atomic E-state index is 12.7. The van der Waals surface area contributed by atoms with Crippen molar-refractivity contribution in [3.8, 4) is 0 Å². The first-order chi connectivity index (χ1) is 16.0. The SMILES string of the molecule is Cn1c(CN2CCN(C(=O)CCCN3C(=O)c4ccccc4C3=O)CC2)nc2ccccc21. The number of nitrogens with zero attached hydrogens (tertiary/aromatic N) is 5. The number of carbonyl (C=O) groups excluding carboxylic acids is 3. The number of carbonyl (C=O) groups is 3. The average molecular weight is 446 g/mol. The summed E-state index contributed by atoms with van der Waals surface area (Å²) < 4.78 is 2.13. The number of hydrogen-bond acceptors (Lipinski definition) is 5. The maximum atomic E-state index is 12.7. The Labute approximate surface area is 192 Å². The van der Waals surface area contributed by atoms with Crippen molar-refractivity contribution in [2.45, 2.75) is 19.4 Å². The highest BCUT2D eigenvalue weighted by atomic mass is 16.2. The van der Waals surface area contributed by atoms with Crippen molar-refractivity contribution in [1.29, 1.82) is 0 Å². The number of piperazine rings is 1. The van der Waals surface area contributed by atoms with Crippen LogP contribution >= 0.6 is 0 Å². The van der Waals surface area contributed by atoms with E-state index in [2.05, 4.69) is 15.5 Å². The van der Waals surface area contributed by atoms with Crippen molar-refractivity contribution in [2.75, 3.05) is 32.7 Å². The zero-order chi connectivity index (χ0) is 22.9. The van der Waals surface area contributed by atoms with Crippen LogP contribution in [0, 0.1) is 0 Å². The third-order valence-corrected chi connectivity index (χ3v) is 6.62. The number of imidazole rings is 1. The van der Waals surface area contributed by atoms with Crippen LogP contribution in [-0.4, -0.2) is 74.7 Å². The van der Waals surface area contributed by atoms with Gasteiger partial charge in [0.2, 0.25) is 5.91 Å². The Hall–Kier alpha value is -3.52. The van der Waals surface area contributed by atoms with Gasteiger partial charge in [0, 0.05) is 46.2 Å². The molecule has 1 aromatic heterocycles. The van der Waals surface area contributed by atoms with Crippen molar-refractivity contribution in [2.24, 2.45) is 7.05 Å². The van der Waals surface area contributed by atoms with Gasteiger partial charge >= 0.3 is 0 Å². The minimum atomic E-state index is -0.265. The molecule has 0 radical (unpaired) electrons. The van der Waals surface area contributed by atoms with E-state index in [9.17, 15) is 14.4 Å². The van der Waals surface area contributed by atoms with E-state index in [1.807, 2.05) is 30.1 Å². The van der Waals surface area contributed by atoms with E-state index >= 15 is 0 Å². The van der Waals surface area contributed by atoms with Crippen LogP contribution in [0.2, 0.25) is 0 Å². The Morgan fingerprint density at radius 2 is 1.55 bits per heavy atom. The molecule has 5 rings (SSSR count). The molecule has 3 amide bonds. The van der Waals surface area contributed by atoms with Gasteiger partial charge < -0.3 is 9.47 Å². The second-order valence-electron chi connectivity index (χ2n) is 8.64. The largest absolute Gasteiger partial charge is 0.340 e. The topological polar surface area (TPSA) is 78.8 Å². The fraction of sp³-hybridized carbons (Fsp3) is 0.360. The van der Waals surface area contributed by atoms with Gasteiger partial charge in [-0.3, -0.25) is 24.2 Å². The van der Waals surface area contributed by atoms with Gasteiger partial charge in [0.05, 0.1) is 28.7 Å². The number of hydrogen-bond donors (Lipinski definition) is 0. The molecule has 0 aliphatic carbocycles. The summed E-state index contributed by atoms with van der Waals surface area (Å²) in [5.74, 6) is 0.572. The molecule has 1 fully saturated rings. The zero-order valence-corrected chi connectivity index (χ0v) is 18.7. The first-order valence-corrected chi connectivity index (χ1v) is 11.4. The molecule has 0 spiro atoms. The van der Waals surface area contributed by atoms with E-state index in [0.717, 1.165) is 36.5 Å². The molecule has 8 nitrogen and oxygen atoms in total. The fourth-order valence-corrected chi connectivity index (χ4v) is 4.68. The summed E-state index contributed by atoms with van der Waals surface area (Å²) in [6, 6.07) is 15.0. The van der Waals surface area contributed by atoms with Crippen molar-refractivity contribution >= 4 is 28.8 Å². The Kier molecular flexibility index (Phi) is 5.68. The van der Waals surface area contributed by atoms with E-state index in [4.69, 9.17) is 4.98 Å². The number of aryl methyl sites for hydroxylation is 1. The van der Waals surface area contributed by atoms with Crippen LogP contribution in [0.15, 0.2) is 48.5 Å². The highest BCUT2D eigenvalue weighted by Crippen LogP contribution is 2.23. The minimum Gasteiger partial charge on any atom is -0.340 e. The molecule has 0 saturated carbocycles. The Morgan fingerprint density at radius 3 is 2.21 bits per heavy atom. The second-order valence-corrected chi connectivity index (χ2v) is 8.64. The van der Waals surface area contributed by atoms with E-state index < -0.39 is 0 Å². The van der Waals surface area contributed by atoms with E-state index in [1.54, 1.807) is 24.3 Å². The summed E-state index contributed by atoms with van der Waals surface area (Å²) >= 11 is 0. The predicted octanol–water partition coefficient (Wildman–Crippen LogP) is 2.29. The zero-order valence-electron chi connectivity index (χ0n) is 18.7. The average Bonchev–Trinajstić information content (AvgIpc) is 3.28.